The predicted octanol–water partition coefficient (Wildman–Crippen LogP) is 7.71. The Morgan fingerprint density at radius 2 is 0.941 bits per heavy atom. The van der Waals surface area contributed by atoms with Crippen LogP contribution in [0, 0.1) is 0 Å². The summed E-state index contributed by atoms with van der Waals surface area (Å²) in [6.45, 7) is 2.55. The number of methoxy groups -OCH3 is 8. The van der Waals surface area contributed by atoms with Gasteiger partial charge in [-0.3, -0.25) is 14.4 Å². The quantitative estimate of drug-likeness (QED) is 0.0385. The van der Waals surface area contributed by atoms with Crippen molar-refractivity contribution in [2.75, 3.05) is 110 Å². The van der Waals surface area contributed by atoms with E-state index in [1.54, 1.807) is 62.9 Å². The zero-order valence-electron chi connectivity index (χ0n) is 41.5. The molecule has 2 aliphatic heterocycles. The van der Waals surface area contributed by atoms with Gasteiger partial charge in [-0.25, -0.2) is 0 Å². The number of hydrogen-bond acceptors (Lipinski definition) is 13. The first-order chi connectivity index (χ1) is 32.8. The minimum Gasteiger partial charge on any atom is -0.493 e. The topological polar surface area (TPSA) is 144 Å². The van der Waals surface area contributed by atoms with Gasteiger partial charge in [0, 0.05) is 36.0 Å². The Labute approximate surface area is 401 Å². The van der Waals surface area contributed by atoms with Crippen LogP contribution in [-0.4, -0.2) is 137 Å². The molecule has 0 unspecified atom stereocenters. The molecule has 0 radical (unpaired) electrons. The van der Waals surface area contributed by atoms with Crippen molar-refractivity contribution in [2.24, 2.45) is 0 Å². The highest BCUT2D eigenvalue weighted by molar-refractivity contribution is 6.00. The molecular formula is C53H70N2O13+2. The first-order valence-corrected chi connectivity index (χ1v) is 23.2. The molecule has 15 heteroatoms. The van der Waals surface area contributed by atoms with Crippen molar-refractivity contribution in [3.05, 3.63) is 94.0 Å². The summed E-state index contributed by atoms with van der Waals surface area (Å²) in [5.41, 5.74) is 5.86. The van der Waals surface area contributed by atoms with Crippen LogP contribution in [0.25, 0.3) is 0 Å². The van der Waals surface area contributed by atoms with Gasteiger partial charge in [0.2, 0.25) is 5.78 Å². The number of benzene rings is 4. The smallest absolute Gasteiger partial charge is 0.311 e. The number of ether oxygens (including phenoxy) is 10. The van der Waals surface area contributed by atoms with E-state index in [-0.39, 0.29) is 62.4 Å². The highest BCUT2D eigenvalue weighted by atomic mass is 16.5. The van der Waals surface area contributed by atoms with Crippen LogP contribution in [0.15, 0.2) is 60.7 Å². The number of esters is 2. The second-order valence-electron chi connectivity index (χ2n) is 18.0. The number of quaternary nitrogens is 2. The number of carbonyl (C=O) groups is 3. The van der Waals surface area contributed by atoms with E-state index in [0.29, 0.717) is 99.3 Å². The van der Waals surface area contributed by atoms with Crippen molar-refractivity contribution < 1.29 is 70.7 Å². The van der Waals surface area contributed by atoms with Crippen molar-refractivity contribution in [2.45, 2.75) is 63.5 Å². The molecule has 0 spiro atoms. The minimum atomic E-state index is -0.329. The van der Waals surface area contributed by atoms with Crippen LogP contribution in [0.2, 0.25) is 0 Å². The third kappa shape index (κ3) is 11.7. The average molecular weight is 943 g/mol. The Hall–Kier alpha value is -6.19. The van der Waals surface area contributed by atoms with Gasteiger partial charge in [-0.1, -0.05) is 12.1 Å². The van der Waals surface area contributed by atoms with Gasteiger partial charge in [-0.2, -0.15) is 0 Å². The van der Waals surface area contributed by atoms with Crippen LogP contribution in [0.3, 0.4) is 0 Å². The molecule has 6 rings (SSSR count). The molecule has 4 aromatic rings. The molecule has 0 saturated heterocycles. The molecule has 2 aliphatic rings. The highest BCUT2D eigenvalue weighted by Gasteiger charge is 2.45. The molecular weight excluding hydrogens is 873 g/mol. The largest absolute Gasteiger partial charge is 0.493 e. The Kier molecular flexibility index (Phi) is 17.5. The number of rotatable bonds is 24. The monoisotopic (exact) mass is 942 g/mol. The molecule has 4 atom stereocenters. The minimum absolute atomic E-state index is 0.0231. The van der Waals surface area contributed by atoms with Crippen LogP contribution in [-0.2, 0) is 38.3 Å². The maximum Gasteiger partial charge on any atom is 0.311 e. The lowest BCUT2D eigenvalue weighted by Crippen LogP contribution is -2.55. The molecule has 15 nitrogen and oxygen atoms in total. The number of Topliss-reactive ketones (excluding diaryl/α,β-unsaturated/α-hetero) is 1. The van der Waals surface area contributed by atoms with Crippen molar-refractivity contribution in [1.82, 2.24) is 0 Å². The van der Waals surface area contributed by atoms with Gasteiger partial charge < -0.3 is 56.3 Å². The van der Waals surface area contributed by atoms with Crippen LogP contribution in [0.5, 0.6) is 46.0 Å². The predicted molar refractivity (Wildman–Crippen MR) is 256 cm³/mol. The summed E-state index contributed by atoms with van der Waals surface area (Å²) in [7, 11) is 17.1. The van der Waals surface area contributed by atoms with E-state index in [1.807, 2.05) is 43.4 Å². The van der Waals surface area contributed by atoms with E-state index in [1.165, 1.54) is 11.1 Å². The number of ketones is 1. The summed E-state index contributed by atoms with van der Waals surface area (Å²) in [5, 5.41) is 0. The fraction of sp³-hybridized carbons (Fsp3) is 0.491. The summed E-state index contributed by atoms with van der Waals surface area (Å²) in [4.78, 5) is 40.1. The molecule has 0 aliphatic carbocycles. The van der Waals surface area contributed by atoms with Crippen LogP contribution in [0.4, 0.5) is 0 Å². The Morgan fingerprint density at radius 1 is 0.515 bits per heavy atom. The molecule has 2 heterocycles. The van der Waals surface area contributed by atoms with E-state index in [9.17, 15) is 14.4 Å². The summed E-state index contributed by atoms with van der Waals surface area (Å²) in [5.74, 6) is 4.34. The van der Waals surface area contributed by atoms with Gasteiger partial charge in [0.05, 0.1) is 117 Å². The zero-order chi connectivity index (χ0) is 49.0. The maximum atomic E-state index is 13.7. The van der Waals surface area contributed by atoms with Gasteiger partial charge in [-0.05, 0) is 84.5 Å². The van der Waals surface area contributed by atoms with Gasteiger partial charge >= 0.3 is 11.9 Å². The highest BCUT2D eigenvalue weighted by Crippen LogP contribution is 2.45. The summed E-state index contributed by atoms with van der Waals surface area (Å²) in [6.07, 6.45) is 4.50. The Bertz CT molecular complexity index is 2400. The fourth-order valence-electron chi connectivity index (χ4n) is 9.82. The lowest BCUT2D eigenvalue weighted by atomic mass is 9.85. The summed E-state index contributed by atoms with van der Waals surface area (Å²) < 4.78 is 57.1. The number of nitrogens with zero attached hydrogens (tertiary/aromatic N) is 2. The lowest BCUT2D eigenvalue weighted by Gasteiger charge is -2.46. The van der Waals surface area contributed by atoms with Crippen molar-refractivity contribution in [3.63, 3.8) is 0 Å². The Balaban J connectivity index is 1.000. The second-order valence-corrected chi connectivity index (χ2v) is 18.0. The van der Waals surface area contributed by atoms with E-state index < -0.39 is 0 Å². The van der Waals surface area contributed by atoms with Crippen LogP contribution in [0.1, 0.15) is 82.4 Å². The molecule has 0 bridgehead atoms. The molecule has 4 aromatic carbocycles. The summed E-state index contributed by atoms with van der Waals surface area (Å²) >= 11 is 0. The van der Waals surface area contributed by atoms with Gasteiger partial charge in [0.1, 0.15) is 18.6 Å². The number of unbranched alkanes of at least 4 members (excludes halogenated alkanes) is 2. The zero-order valence-corrected chi connectivity index (χ0v) is 41.5. The van der Waals surface area contributed by atoms with Crippen molar-refractivity contribution >= 4 is 17.7 Å². The number of fused-ring (bicyclic) bond motifs is 2. The number of likely N-dealkylation sites (N-methyl/N-ethyl adjacent to an activating group) is 2. The SMILES string of the molecule is COc1ccc(C[C@@H]2c3cc(OC)c(OC)cc3CC[N@+]2(C)CCC(=O)OCCCCCOC(=O)CC[N@@+]2(C)CC(=O)c3cc(OC)c(OC)cc3[C@H]2Cc2ccc(OC)c(OC)c2)cc1OC. The third-order valence-electron chi connectivity index (χ3n) is 13.8. The van der Waals surface area contributed by atoms with E-state index in [4.69, 9.17) is 47.4 Å². The van der Waals surface area contributed by atoms with Crippen molar-refractivity contribution in [1.29, 1.82) is 0 Å². The van der Waals surface area contributed by atoms with Crippen LogP contribution < -0.4 is 37.9 Å². The van der Waals surface area contributed by atoms with E-state index >= 15 is 0 Å². The van der Waals surface area contributed by atoms with Crippen LogP contribution >= 0.6 is 0 Å². The molecule has 0 amide bonds. The van der Waals surface area contributed by atoms with Gasteiger partial charge in [0.25, 0.3) is 0 Å². The average Bonchev–Trinajstić information content (AvgIpc) is 3.35. The first kappa shape index (κ1) is 51.2. The molecule has 0 fully saturated rings. The first-order valence-electron chi connectivity index (χ1n) is 23.2. The standard InChI is InChI=1S/C53H70N2O13/c1-54(21-18-37-30-48(63-7)49(64-8)31-38(37)41(54)26-35-14-16-44(59-3)46(28-35)61-5)22-19-52(57)67-24-12-11-13-25-68-53(58)20-23-55(2)34-43(56)40-33-51(66-10)50(65-9)32-39(40)42(55)27-36-15-17-45(60-4)47(29-36)62-6/h14-17,28-33,41-42H,11-13,18-27,34H2,1-10H3/q+2/t41-,42-,54-,55+/m1/s1. The molecule has 0 saturated carbocycles. The number of hydrogen-bond donors (Lipinski definition) is 0. The lowest BCUT2D eigenvalue weighted by molar-refractivity contribution is -0.940. The maximum absolute atomic E-state index is 13.7. The summed E-state index contributed by atoms with van der Waals surface area (Å²) in [6, 6.07) is 19.4. The van der Waals surface area contributed by atoms with E-state index in [2.05, 4.69) is 25.2 Å². The normalized spacial score (nSPS) is 19.5. The number of carbonyl (C=O) groups excluding carboxylic acids is 3. The van der Waals surface area contributed by atoms with Gasteiger partial charge in [0.15, 0.2) is 46.0 Å². The molecule has 0 aromatic heterocycles. The molecule has 68 heavy (non-hydrogen) atoms. The molecule has 368 valence electrons. The second kappa shape index (κ2) is 23.2. The third-order valence-corrected chi connectivity index (χ3v) is 13.8. The fourth-order valence-corrected chi connectivity index (χ4v) is 9.82. The molecule has 0 N–H and O–H groups in total. The van der Waals surface area contributed by atoms with Crippen molar-refractivity contribution in [3.8, 4) is 46.0 Å². The van der Waals surface area contributed by atoms with Gasteiger partial charge in [-0.15, -0.1) is 0 Å². The Morgan fingerprint density at radius 3 is 1.44 bits per heavy atom. The van der Waals surface area contributed by atoms with E-state index in [0.717, 1.165) is 36.1 Å².